The van der Waals surface area contributed by atoms with E-state index in [9.17, 15) is 0 Å². The van der Waals surface area contributed by atoms with Crippen molar-refractivity contribution >= 4 is 5.84 Å². The maximum absolute atomic E-state index is 5.94. The lowest BCUT2D eigenvalue weighted by Crippen LogP contribution is -2.33. The third-order valence-corrected chi connectivity index (χ3v) is 6.71. The predicted molar refractivity (Wildman–Crippen MR) is 144 cm³/mol. The monoisotopic (exact) mass is 457 g/mol. The average molecular weight is 458 g/mol. The van der Waals surface area contributed by atoms with Gasteiger partial charge >= 0.3 is 0 Å². The zero-order valence-corrected chi connectivity index (χ0v) is 21.5. The molecule has 0 spiro atoms. The number of aliphatic imine (C=N–C) groups is 1. The Bertz CT molecular complexity index is 614. The summed E-state index contributed by atoms with van der Waals surface area (Å²) in [7, 11) is 0. The molecule has 4 nitrogen and oxygen atoms in total. The van der Waals surface area contributed by atoms with Crippen LogP contribution in [-0.2, 0) is 0 Å². The summed E-state index contributed by atoms with van der Waals surface area (Å²) < 4.78 is 5.94. The van der Waals surface area contributed by atoms with Gasteiger partial charge in [-0.1, -0.05) is 103 Å². The van der Waals surface area contributed by atoms with E-state index in [0.29, 0.717) is 6.54 Å². The number of nitrogens with two attached hydrogens (primary N) is 1. The molecule has 1 aliphatic heterocycles. The molecular formula is C29H51N3O. The number of amidine groups is 1. The van der Waals surface area contributed by atoms with Crippen LogP contribution < -0.4 is 10.5 Å². The number of rotatable bonds is 21. The molecule has 1 aromatic carbocycles. The van der Waals surface area contributed by atoms with Gasteiger partial charge in [0.25, 0.3) is 0 Å². The molecule has 0 aromatic heterocycles. The van der Waals surface area contributed by atoms with Gasteiger partial charge in [0.2, 0.25) is 0 Å². The van der Waals surface area contributed by atoms with Crippen LogP contribution >= 0.6 is 0 Å². The van der Waals surface area contributed by atoms with Crippen LogP contribution in [0.2, 0.25) is 0 Å². The van der Waals surface area contributed by atoms with Gasteiger partial charge in [0.05, 0.1) is 13.2 Å². The van der Waals surface area contributed by atoms with Gasteiger partial charge in [0.1, 0.15) is 11.6 Å². The summed E-state index contributed by atoms with van der Waals surface area (Å²) in [6.07, 6.45) is 22.4. The molecular weight excluding hydrogens is 406 g/mol. The maximum atomic E-state index is 5.94. The SMILES string of the molecule is CCCCCCCCCCCCCCCCCCOc1ccc(C2=NCCN2CCN)cc1. The van der Waals surface area contributed by atoms with Crippen LogP contribution in [0.25, 0.3) is 0 Å². The van der Waals surface area contributed by atoms with Crippen LogP contribution in [0.3, 0.4) is 0 Å². The Balaban J connectivity index is 1.38. The van der Waals surface area contributed by atoms with Gasteiger partial charge in [-0.25, -0.2) is 0 Å². The largest absolute Gasteiger partial charge is 0.494 e. The third-order valence-electron chi connectivity index (χ3n) is 6.71. The van der Waals surface area contributed by atoms with Gasteiger partial charge in [-0.05, 0) is 30.7 Å². The highest BCUT2D eigenvalue weighted by molar-refractivity contribution is 5.99. The molecule has 2 rings (SSSR count). The van der Waals surface area contributed by atoms with Crippen LogP contribution in [0.15, 0.2) is 29.3 Å². The van der Waals surface area contributed by atoms with Gasteiger partial charge in [-0.15, -0.1) is 0 Å². The van der Waals surface area contributed by atoms with Crippen LogP contribution in [0.5, 0.6) is 5.75 Å². The topological polar surface area (TPSA) is 50.8 Å². The Kier molecular flexibility index (Phi) is 15.8. The van der Waals surface area contributed by atoms with Crippen molar-refractivity contribution in [1.82, 2.24) is 4.90 Å². The van der Waals surface area contributed by atoms with Crippen molar-refractivity contribution in [3.63, 3.8) is 0 Å². The lowest BCUT2D eigenvalue weighted by atomic mass is 10.0. The van der Waals surface area contributed by atoms with Crippen molar-refractivity contribution in [2.24, 2.45) is 10.7 Å². The highest BCUT2D eigenvalue weighted by atomic mass is 16.5. The predicted octanol–water partition coefficient (Wildman–Crippen LogP) is 7.35. The first kappa shape index (κ1) is 27.7. The summed E-state index contributed by atoms with van der Waals surface area (Å²) in [5.41, 5.74) is 6.87. The molecule has 4 heteroatoms. The zero-order chi connectivity index (χ0) is 23.4. The van der Waals surface area contributed by atoms with Crippen LogP contribution in [0, 0.1) is 0 Å². The van der Waals surface area contributed by atoms with Gasteiger partial charge in [0.15, 0.2) is 0 Å². The first-order valence-corrected chi connectivity index (χ1v) is 14.1. The minimum Gasteiger partial charge on any atom is -0.494 e. The van der Waals surface area contributed by atoms with Crippen molar-refractivity contribution in [2.45, 2.75) is 110 Å². The average Bonchev–Trinajstić information content (AvgIpc) is 3.30. The number of ether oxygens (including phenoxy) is 1. The van der Waals surface area contributed by atoms with E-state index in [1.807, 2.05) is 0 Å². The molecule has 0 unspecified atom stereocenters. The first-order chi connectivity index (χ1) is 16.3. The second-order valence-corrected chi connectivity index (χ2v) is 9.66. The fraction of sp³-hybridized carbons (Fsp3) is 0.759. The fourth-order valence-corrected chi connectivity index (χ4v) is 4.67. The number of benzene rings is 1. The molecule has 1 aliphatic rings. The number of unbranched alkanes of at least 4 members (excludes halogenated alkanes) is 15. The van der Waals surface area contributed by atoms with Gasteiger partial charge < -0.3 is 15.4 Å². The number of hydrogen-bond acceptors (Lipinski definition) is 4. The lowest BCUT2D eigenvalue weighted by molar-refractivity contribution is 0.304. The molecule has 0 saturated heterocycles. The standard InChI is InChI=1S/C29H51N3O/c1-2-3-4-5-6-7-8-9-10-11-12-13-14-15-16-17-26-33-28-20-18-27(19-21-28)29-31-23-25-32(29)24-22-30/h18-21H,2-17,22-26,30H2,1H3. The van der Waals surface area contributed by atoms with Crippen LogP contribution in [0.1, 0.15) is 115 Å². The van der Waals surface area contributed by atoms with E-state index in [2.05, 4.69) is 41.1 Å². The quantitative estimate of drug-likeness (QED) is 0.196. The van der Waals surface area contributed by atoms with Crippen LogP contribution in [0.4, 0.5) is 0 Å². The van der Waals surface area contributed by atoms with E-state index in [0.717, 1.165) is 49.8 Å². The molecule has 0 saturated carbocycles. The van der Waals surface area contributed by atoms with Crippen LogP contribution in [-0.4, -0.2) is 43.5 Å². The summed E-state index contributed by atoms with van der Waals surface area (Å²) in [6.45, 7) is 6.49. The van der Waals surface area contributed by atoms with Gasteiger partial charge in [-0.3, -0.25) is 4.99 Å². The summed E-state index contributed by atoms with van der Waals surface area (Å²) in [6, 6.07) is 8.39. The highest BCUT2D eigenvalue weighted by Gasteiger charge is 2.17. The number of hydrogen-bond donors (Lipinski definition) is 1. The Morgan fingerprint density at radius 1 is 0.758 bits per heavy atom. The van der Waals surface area contributed by atoms with Gasteiger partial charge in [-0.2, -0.15) is 0 Å². The Hall–Kier alpha value is -1.55. The van der Waals surface area contributed by atoms with E-state index in [4.69, 9.17) is 10.5 Å². The minimum absolute atomic E-state index is 0.666. The van der Waals surface area contributed by atoms with E-state index in [1.54, 1.807) is 0 Å². The van der Waals surface area contributed by atoms with Crippen molar-refractivity contribution < 1.29 is 4.74 Å². The first-order valence-electron chi connectivity index (χ1n) is 14.1. The Labute approximate surface area is 204 Å². The molecule has 0 aliphatic carbocycles. The molecule has 1 aromatic rings. The summed E-state index contributed by atoms with van der Waals surface area (Å²) >= 11 is 0. The molecule has 0 amide bonds. The summed E-state index contributed by atoms with van der Waals surface area (Å²) in [4.78, 5) is 6.90. The van der Waals surface area contributed by atoms with Crippen molar-refractivity contribution in [2.75, 3.05) is 32.8 Å². The molecule has 0 atom stereocenters. The molecule has 2 N–H and O–H groups in total. The molecule has 0 fully saturated rings. The summed E-state index contributed by atoms with van der Waals surface area (Å²) in [5, 5.41) is 0. The molecule has 1 heterocycles. The van der Waals surface area contributed by atoms with Gasteiger partial charge in [0, 0.05) is 25.2 Å². The fourth-order valence-electron chi connectivity index (χ4n) is 4.67. The second-order valence-electron chi connectivity index (χ2n) is 9.66. The molecule has 0 bridgehead atoms. The van der Waals surface area contributed by atoms with Crippen molar-refractivity contribution in [3.8, 4) is 5.75 Å². The van der Waals surface area contributed by atoms with E-state index < -0.39 is 0 Å². The molecule has 0 radical (unpaired) electrons. The molecule has 188 valence electrons. The zero-order valence-electron chi connectivity index (χ0n) is 21.5. The normalized spacial score (nSPS) is 13.5. The minimum atomic E-state index is 0.666. The van der Waals surface area contributed by atoms with Crippen molar-refractivity contribution in [3.05, 3.63) is 29.8 Å². The Morgan fingerprint density at radius 2 is 1.27 bits per heavy atom. The van der Waals surface area contributed by atoms with E-state index in [-0.39, 0.29) is 0 Å². The maximum Gasteiger partial charge on any atom is 0.131 e. The smallest absolute Gasteiger partial charge is 0.131 e. The second kappa shape index (κ2) is 18.8. The molecule has 33 heavy (non-hydrogen) atoms. The Morgan fingerprint density at radius 3 is 1.79 bits per heavy atom. The third kappa shape index (κ3) is 12.5. The number of nitrogens with zero attached hydrogens (tertiary/aromatic N) is 2. The van der Waals surface area contributed by atoms with Crippen molar-refractivity contribution in [1.29, 1.82) is 0 Å². The van der Waals surface area contributed by atoms with E-state index in [1.165, 1.54) is 96.3 Å². The highest BCUT2D eigenvalue weighted by Crippen LogP contribution is 2.17. The summed E-state index contributed by atoms with van der Waals surface area (Å²) in [5.74, 6) is 2.04. The lowest BCUT2D eigenvalue weighted by Gasteiger charge is -2.19. The van der Waals surface area contributed by atoms with E-state index >= 15 is 0 Å².